The van der Waals surface area contributed by atoms with Crippen LogP contribution < -0.4 is 9.47 Å². The second kappa shape index (κ2) is 8.38. The Balaban J connectivity index is 1.29. The number of piperidine rings is 1. The van der Waals surface area contributed by atoms with Gasteiger partial charge in [-0.15, -0.1) is 0 Å². The number of fused-ring (bicyclic) bond motifs is 1. The quantitative estimate of drug-likeness (QED) is 0.657. The third-order valence-corrected chi connectivity index (χ3v) is 6.52. The molecular formula is C24H27N5O4. The maximum absolute atomic E-state index is 13.2. The van der Waals surface area contributed by atoms with Gasteiger partial charge in [0, 0.05) is 44.2 Å². The third kappa shape index (κ3) is 3.99. The van der Waals surface area contributed by atoms with Gasteiger partial charge in [0.2, 0.25) is 0 Å². The smallest absolute Gasteiger partial charge is 0.271 e. The fourth-order valence-electron chi connectivity index (χ4n) is 4.81. The van der Waals surface area contributed by atoms with Crippen molar-refractivity contribution < 1.29 is 19.1 Å². The van der Waals surface area contributed by atoms with E-state index in [2.05, 4.69) is 15.3 Å². The Morgan fingerprint density at radius 3 is 2.88 bits per heavy atom. The van der Waals surface area contributed by atoms with Gasteiger partial charge in [-0.3, -0.25) is 19.4 Å². The minimum Gasteiger partial charge on any atom is -0.497 e. The lowest BCUT2D eigenvalue weighted by atomic mass is 9.86. The Hall–Kier alpha value is -3.62. The number of ether oxygens (including phenoxy) is 2. The highest BCUT2D eigenvalue weighted by Gasteiger charge is 2.36. The second-order valence-electron chi connectivity index (χ2n) is 8.77. The molecule has 1 N–H and O–H groups in total. The Morgan fingerprint density at radius 1 is 1.27 bits per heavy atom. The van der Waals surface area contributed by atoms with E-state index in [-0.39, 0.29) is 23.7 Å². The summed E-state index contributed by atoms with van der Waals surface area (Å²) in [7, 11) is 3.43. The van der Waals surface area contributed by atoms with Gasteiger partial charge in [-0.25, -0.2) is 0 Å². The third-order valence-electron chi connectivity index (χ3n) is 6.52. The normalized spacial score (nSPS) is 20.3. The van der Waals surface area contributed by atoms with E-state index in [1.165, 1.54) is 0 Å². The minimum absolute atomic E-state index is 0.0497. The number of benzene rings is 1. The molecule has 2 aliphatic rings. The number of carbonyl (C=O) groups is 2. The Labute approximate surface area is 191 Å². The van der Waals surface area contributed by atoms with E-state index in [0.29, 0.717) is 48.0 Å². The molecule has 1 fully saturated rings. The summed E-state index contributed by atoms with van der Waals surface area (Å²) in [6, 6.07) is 7.09. The van der Waals surface area contributed by atoms with E-state index in [9.17, 15) is 9.59 Å². The first-order chi connectivity index (χ1) is 15.9. The predicted octanol–water partition coefficient (Wildman–Crippen LogP) is 3.01. The van der Waals surface area contributed by atoms with Gasteiger partial charge in [0.25, 0.3) is 5.91 Å². The van der Waals surface area contributed by atoms with E-state index < -0.39 is 0 Å². The average molecular weight is 450 g/mol. The van der Waals surface area contributed by atoms with Crippen LogP contribution in [0.15, 0.2) is 30.5 Å². The molecule has 0 unspecified atom stereocenters. The first kappa shape index (κ1) is 21.2. The van der Waals surface area contributed by atoms with Crippen molar-refractivity contribution in [3.05, 3.63) is 47.4 Å². The van der Waals surface area contributed by atoms with Gasteiger partial charge < -0.3 is 14.4 Å². The summed E-state index contributed by atoms with van der Waals surface area (Å²) in [4.78, 5) is 27.8. The topological polar surface area (TPSA) is 102 Å². The summed E-state index contributed by atoms with van der Waals surface area (Å²) in [5.41, 5.74) is 3.47. The van der Waals surface area contributed by atoms with Crippen LogP contribution in [0.25, 0.3) is 11.3 Å². The number of nitrogens with one attached hydrogen (secondary N) is 1. The number of rotatable bonds is 4. The van der Waals surface area contributed by atoms with Gasteiger partial charge in [0.15, 0.2) is 5.78 Å². The van der Waals surface area contributed by atoms with Crippen molar-refractivity contribution in [3.63, 3.8) is 0 Å². The molecule has 0 aliphatic carbocycles. The summed E-state index contributed by atoms with van der Waals surface area (Å²) < 4.78 is 13.2. The number of ketones is 1. The van der Waals surface area contributed by atoms with Crippen LogP contribution in [0.2, 0.25) is 0 Å². The van der Waals surface area contributed by atoms with Crippen LogP contribution in [0.3, 0.4) is 0 Å². The van der Waals surface area contributed by atoms with E-state index in [1.54, 1.807) is 36.1 Å². The molecule has 3 aromatic rings. The van der Waals surface area contributed by atoms with Crippen LogP contribution in [0.5, 0.6) is 11.5 Å². The molecule has 9 nitrogen and oxygen atoms in total. The zero-order chi connectivity index (χ0) is 23.1. The average Bonchev–Trinajstić information content (AvgIpc) is 3.44. The van der Waals surface area contributed by atoms with Crippen molar-refractivity contribution in [1.82, 2.24) is 24.9 Å². The molecule has 0 saturated carbocycles. The molecule has 4 heterocycles. The van der Waals surface area contributed by atoms with Crippen molar-refractivity contribution in [3.8, 4) is 22.8 Å². The van der Waals surface area contributed by atoms with E-state index >= 15 is 0 Å². The SMILES string of the molecule is COc1ccc2c(c1)C(=O)C[C@H]([C@H]1CCCN(C(=O)c3cc(-c4cn(C)nc4C)n[nH]3)C1)O2. The molecule has 0 bridgehead atoms. The number of aromatic amines is 1. The molecule has 0 radical (unpaired) electrons. The molecule has 33 heavy (non-hydrogen) atoms. The van der Waals surface area contributed by atoms with Crippen molar-refractivity contribution in [2.24, 2.45) is 13.0 Å². The van der Waals surface area contributed by atoms with Crippen LogP contribution >= 0.6 is 0 Å². The highest BCUT2D eigenvalue weighted by atomic mass is 16.5. The molecule has 9 heteroatoms. The summed E-state index contributed by atoms with van der Waals surface area (Å²) in [5, 5.41) is 11.6. The van der Waals surface area contributed by atoms with Gasteiger partial charge in [-0.2, -0.15) is 10.2 Å². The molecule has 172 valence electrons. The standard InChI is InChI=1S/C24H27N5O4/c1-14-18(13-28(2)27-14)19-10-20(26-25-19)24(31)29-8-4-5-15(12-29)23-11-21(30)17-9-16(32-3)6-7-22(17)33-23/h6-7,9-10,13,15,23H,4-5,8,11-12H2,1-3H3,(H,25,26)/t15-,23+/m0/s1. The lowest BCUT2D eigenvalue weighted by Crippen LogP contribution is -2.46. The van der Waals surface area contributed by atoms with Crippen LogP contribution in [-0.2, 0) is 7.05 Å². The number of aromatic nitrogens is 4. The van der Waals surface area contributed by atoms with Crippen LogP contribution in [0.4, 0.5) is 0 Å². The molecule has 1 aromatic carbocycles. The number of hydrogen-bond acceptors (Lipinski definition) is 6. The first-order valence-electron chi connectivity index (χ1n) is 11.2. The lowest BCUT2D eigenvalue weighted by Gasteiger charge is -2.38. The maximum Gasteiger partial charge on any atom is 0.271 e. The van der Waals surface area contributed by atoms with Crippen molar-refractivity contribution >= 4 is 11.7 Å². The molecule has 1 amide bonds. The molecule has 5 rings (SSSR count). The Bertz CT molecular complexity index is 1210. The highest BCUT2D eigenvalue weighted by molar-refractivity contribution is 6.00. The maximum atomic E-state index is 13.2. The first-order valence-corrected chi connectivity index (χ1v) is 11.2. The van der Waals surface area contributed by atoms with Crippen LogP contribution in [0.1, 0.15) is 45.8 Å². The van der Waals surface area contributed by atoms with E-state index in [1.807, 2.05) is 25.1 Å². The summed E-state index contributed by atoms with van der Waals surface area (Å²) in [6.45, 7) is 3.13. The van der Waals surface area contributed by atoms with Gasteiger partial charge >= 0.3 is 0 Å². The van der Waals surface area contributed by atoms with Crippen molar-refractivity contribution in [1.29, 1.82) is 0 Å². The fraction of sp³-hybridized carbons (Fsp3) is 0.417. The minimum atomic E-state index is -0.246. The largest absolute Gasteiger partial charge is 0.497 e. The number of hydrogen-bond donors (Lipinski definition) is 1. The van der Waals surface area contributed by atoms with Gasteiger partial charge in [0.05, 0.1) is 24.1 Å². The number of likely N-dealkylation sites (tertiary alicyclic amines) is 1. The summed E-state index contributed by atoms with van der Waals surface area (Å²) in [5.74, 6) is 1.27. The van der Waals surface area contributed by atoms with Crippen molar-refractivity contribution in [2.75, 3.05) is 20.2 Å². The monoisotopic (exact) mass is 449 g/mol. The molecule has 1 saturated heterocycles. The Kier molecular flexibility index (Phi) is 5.39. The number of nitrogens with zero attached hydrogens (tertiary/aromatic N) is 4. The molecule has 2 atom stereocenters. The van der Waals surface area contributed by atoms with Gasteiger partial charge in [0.1, 0.15) is 23.3 Å². The molecule has 2 aliphatic heterocycles. The number of carbonyl (C=O) groups excluding carboxylic acids is 2. The van der Waals surface area contributed by atoms with E-state index in [4.69, 9.17) is 9.47 Å². The second-order valence-corrected chi connectivity index (χ2v) is 8.77. The zero-order valence-corrected chi connectivity index (χ0v) is 19.0. The molecule has 2 aromatic heterocycles. The number of H-pyrrole nitrogens is 1. The lowest BCUT2D eigenvalue weighted by molar-refractivity contribution is 0.0405. The zero-order valence-electron chi connectivity index (χ0n) is 19.0. The van der Waals surface area contributed by atoms with Gasteiger partial charge in [-0.1, -0.05) is 0 Å². The highest BCUT2D eigenvalue weighted by Crippen LogP contribution is 2.35. The summed E-state index contributed by atoms with van der Waals surface area (Å²) in [6.07, 6.45) is 3.73. The van der Waals surface area contributed by atoms with E-state index in [0.717, 1.165) is 24.1 Å². The van der Waals surface area contributed by atoms with Crippen LogP contribution in [-0.4, -0.2) is 62.9 Å². The number of amides is 1. The predicted molar refractivity (Wildman–Crippen MR) is 121 cm³/mol. The van der Waals surface area contributed by atoms with Crippen molar-refractivity contribution in [2.45, 2.75) is 32.3 Å². The summed E-state index contributed by atoms with van der Waals surface area (Å²) >= 11 is 0. The number of methoxy groups -OCH3 is 1. The molecular weight excluding hydrogens is 422 g/mol. The van der Waals surface area contributed by atoms with Gasteiger partial charge in [-0.05, 0) is 44.0 Å². The fourth-order valence-corrected chi connectivity index (χ4v) is 4.81. The molecule has 0 spiro atoms. The van der Waals surface area contributed by atoms with Crippen LogP contribution in [0, 0.1) is 12.8 Å². The Morgan fingerprint density at radius 2 is 2.12 bits per heavy atom. The number of Topliss-reactive ketones (excluding diaryl/α,β-unsaturated/α-hetero) is 1. The number of aryl methyl sites for hydroxylation is 2.